The summed E-state index contributed by atoms with van der Waals surface area (Å²) in [6.07, 6.45) is 3.08. The van der Waals surface area contributed by atoms with Gasteiger partial charge in [0.2, 0.25) is 0 Å². The van der Waals surface area contributed by atoms with E-state index in [1.165, 1.54) is 10.4 Å². The van der Waals surface area contributed by atoms with E-state index in [2.05, 4.69) is 13.0 Å². The monoisotopic (exact) mass is 225 g/mol. The van der Waals surface area contributed by atoms with Gasteiger partial charge in [0.1, 0.15) is 0 Å². The van der Waals surface area contributed by atoms with Gasteiger partial charge in [-0.2, -0.15) is 0 Å². The van der Waals surface area contributed by atoms with E-state index in [-0.39, 0.29) is 11.9 Å². The van der Waals surface area contributed by atoms with Gasteiger partial charge in [-0.25, -0.2) is 0 Å². The van der Waals surface area contributed by atoms with E-state index in [0.29, 0.717) is 0 Å². The van der Waals surface area contributed by atoms with E-state index in [4.69, 9.17) is 15.2 Å². The Morgan fingerprint density at radius 3 is 3.20 bits per heavy atom. The molecule has 2 atom stereocenters. The fourth-order valence-corrected chi connectivity index (χ4v) is 3.51. The van der Waals surface area contributed by atoms with Crippen LogP contribution in [0.4, 0.5) is 5.00 Å². The number of rotatable bonds is 0. The minimum atomic E-state index is -0.344. The molecule has 0 bridgehead atoms. The van der Waals surface area contributed by atoms with Crippen LogP contribution in [0.15, 0.2) is 6.07 Å². The molecule has 1 fully saturated rings. The first-order chi connectivity index (χ1) is 7.17. The lowest BCUT2D eigenvalue weighted by molar-refractivity contribution is -0.172. The number of hydrogen-bond acceptors (Lipinski definition) is 4. The number of anilines is 1. The third-order valence-electron chi connectivity index (χ3n) is 3.12. The van der Waals surface area contributed by atoms with Gasteiger partial charge in [-0.1, -0.05) is 0 Å². The van der Waals surface area contributed by atoms with E-state index in [1.807, 2.05) is 0 Å². The van der Waals surface area contributed by atoms with Crippen molar-refractivity contribution in [1.82, 2.24) is 0 Å². The summed E-state index contributed by atoms with van der Waals surface area (Å²) in [7, 11) is 0. The number of thiophene rings is 1. The van der Waals surface area contributed by atoms with Crippen molar-refractivity contribution >= 4 is 16.3 Å². The van der Waals surface area contributed by atoms with Crippen LogP contribution >= 0.6 is 11.3 Å². The summed E-state index contributed by atoms with van der Waals surface area (Å²) in [4.78, 5) is 1.34. The van der Waals surface area contributed by atoms with Crippen LogP contribution in [0.2, 0.25) is 0 Å². The summed E-state index contributed by atoms with van der Waals surface area (Å²) in [5, 5.41) is 0.906. The number of ether oxygens (including phenoxy) is 2. The molecule has 1 aromatic rings. The largest absolute Gasteiger partial charge is 0.391 e. The molecule has 0 radical (unpaired) electrons. The molecular weight excluding hydrogens is 210 g/mol. The van der Waals surface area contributed by atoms with Crippen molar-refractivity contribution in [3.63, 3.8) is 0 Å². The zero-order valence-corrected chi connectivity index (χ0v) is 9.60. The van der Waals surface area contributed by atoms with Gasteiger partial charge in [0.15, 0.2) is 5.79 Å². The maximum atomic E-state index is 5.90. The number of fused-ring (bicyclic) bond motifs is 1. The van der Waals surface area contributed by atoms with Crippen LogP contribution in [0.3, 0.4) is 0 Å². The predicted molar refractivity (Wildman–Crippen MR) is 60.0 cm³/mol. The smallest absolute Gasteiger partial charge is 0.173 e. The van der Waals surface area contributed by atoms with Gasteiger partial charge >= 0.3 is 0 Å². The molecule has 4 heteroatoms. The maximum Gasteiger partial charge on any atom is 0.173 e. The van der Waals surface area contributed by atoms with E-state index in [0.717, 1.165) is 30.9 Å². The first kappa shape index (κ1) is 9.63. The molecule has 1 aromatic heterocycles. The zero-order chi connectivity index (χ0) is 10.5. The Kier molecular flexibility index (Phi) is 2.06. The second-order valence-electron chi connectivity index (χ2n) is 4.42. The molecule has 0 saturated carbocycles. The molecule has 1 saturated heterocycles. The van der Waals surface area contributed by atoms with Gasteiger partial charge in [-0.05, 0) is 25.0 Å². The van der Waals surface area contributed by atoms with Crippen molar-refractivity contribution in [2.45, 2.75) is 38.1 Å². The van der Waals surface area contributed by atoms with Crippen LogP contribution in [0.1, 0.15) is 23.8 Å². The van der Waals surface area contributed by atoms with Crippen LogP contribution in [-0.4, -0.2) is 18.5 Å². The molecule has 3 rings (SSSR count). The summed E-state index contributed by atoms with van der Waals surface area (Å²) < 4.78 is 11.7. The summed E-state index contributed by atoms with van der Waals surface area (Å²) in [6, 6.07) is 2.09. The van der Waals surface area contributed by atoms with E-state index < -0.39 is 0 Å². The maximum absolute atomic E-state index is 5.90. The molecule has 1 aliphatic heterocycles. The third kappa shape index (κ3) is 1.57. The lowest BCUT2D eigenvalue weighted by Crippen LogP contribution is -2.36. The quantitative estimate of drug-likeness (QED) is 0.734. The molecule has 2 unspecified atom stereocenters. The van der Waals surface area contributed by atoms with Gasteiger partial charge in [0.25, 0.3) is 0 Å². The van der Waals surface area contributed by atoms with Crippen LogP contribution in [0.25, 0.3) is 0 Å². The van der Waals surface area contributed by atoms with Crippen LogP contribution in [0, 0.1) is 0 Å². The average Bonchev–Trinajstić information content (AvgIpc) is 2.70. The second kappa shape index (κ2) is 3.20. The van der Waals surface area contributed by atoms with Gasteiger partial charge in [0, 0.05) is 17.7 Å². The Morgan fingerprint density at radius 1 is 1.60 bits per heavy atom. The van der Waals surface area contributed by atoms with Crippen molar-refractivity contribution in [2.24, 2.45) is 0 Å². The van der Waals surface area contributed by atoms with E-state index in [1.54, 1.807) is 11.3 Å². The molecule has 1 spiro atoms. The highest BCUT2D eigenvalue weighted by Crippen LogP contribution is 2.40. The Morgan fingerprint density at radius 2 is 2.47 bits per heavy atom. The Bertz CT molecular complexity index is 390. The van der Waals surface area contributed by atoms with Crippen molar-refractivity contribution < 1.29 is 9.47 Å². The topological polar surface area (TPSA) is 44.5 Å². The Labute approximate surface area is 93.2 Å². The minimum Gasteiger partial charge on any atom is -0.391 e. The minimum absolute atomic E-state index is 0.226. The summed E-state index contributed by atoms with van der Waals surface area (Å²) in [5.41, 5.74) is 7.19. The lowest BCUT2D eigenvalue weighted by Gasteiger charge is -2.31. The standard InChI is InChI=1S/C11H15NO2S/c1-7-6-13-11(14-7)3-2-8-4-10(12)15-9(8)5-11/h4,7H,2-3,5-6,12H2,1H3. The van der Waals surface area contributed by atoms with Gasteiger partial charge in [0.05, 0.1) is 17.7 Å². The fourth-order valence-electron chi connectivity index (χ4n) is 2.44. The summed E-state index contributed by atoms with van der Waals surface area (Å²) >= 11 is 1.67. The van der Waals surface area contributed by atoms with Crippen molar-refractivity contribution in [2.75, 3.05) is 12.3 Å². The number of nitrogens with two attached hydrogens (primary N) is 1. The van der Waals surface area contributed by atoms with Crippen molar-refractivity contribution in [3.05, 3.63) is 16.5 Å². The second-order valence-corrected chi connectivity index (χ2v) is 5.59. The molecule has 0 amide bonds. The molecule has 2 aliphatic rings. The van der Waals surface area contributed by atoms with Crippen molar-refractivity contribution in [3.8, 4) is 0 Å². The zero-order valence-electron chi connectivity index (χ0n) is 8.79. The van der Waals surface area contributed by atoms with Crippen molar-refractivity contribution in [1.29, 1.82) is 0 Å². The van der Waals surface area contributed by atoms with E-state index in [9.17, 15) is 0 Å². The first-order valence-electron chi connectivity index (χ1n) is 5.36. The highest BCUT2D eigenvalue weighted by molar-refractivity contribution is 7.16. The highest BCUT2D eigenvalue weighted by Gasteiger charge is 2.43. The lowest BCUT2D eigenvalue weighted by atomic mass is 9.93. The van der Waals surface area contributed by atoms with Crippen LogP contribution in [0.5, 0.6) is 0 Å². The average molecular weight is 225 g/mol. The number of hydrogen-bond donors (Lipinski definition) is 1. The molecular formula is C11H15NO2S. The summed E-state index contributed by atoms with van der Waals surface area (Å²) in [6.45, 7) is 2.78. The number of nitrogen functional groups attached to an aromatic ring is 1. The Hall–Kier alpha value is -0.580. The molecule has 15 heavy (non-hydrogen) atoms. The normalized spacial score (nSPS) is 34.6. The molecule has 1 aliphatic carbocycles. The van der Waals surface area contributed by atoms with Gasteiger partial charge in [-0.15, -0.1) is 11.3 Å². The van der Waals surface area contributed by atoms with Gasteiger partial charge in [-0.3, -0.25) is 0 Å². The fraction of sp³-hybridized carbons (Fsp3) is 0.636. The molecule has 3 nitrogen and oxygen atoms in total. The predicted octanol–water partition coefficient (Wildman–Crippen LogP) is 1.95. The highest BCUT2D eigenvalue weighted by atomic mass is 32.1. The number of aryl methyl sites for hydroxylation is 1. The van der Waals surface area contributed by atoms with Gasteiger partial charge < -0.3 is 15.2 Å². The van der Waals surface area contributed by atoms with Crippen LogP contribution in [-0.2, 0) is 22.3 Å². The summed E-state index contributed by atoms with van der Waals surface area (Å²) in [5.74, 6) is -0.344. The molecule has 82 valence electrons. The third-order valence-corrected chi connectivity index (χ3v) is 4.12. The van der Waals surface area contributed by atoms with E-state index >= 15 is 0 Å². The molecule has 0 aromatic carbocycles. The molecule has 2 heterocycles. The molecule has 2 N–H and O–H groups in total. The SMILES string of the molecule is CC1COC2(CCc3cc(N)sc3C2)O1. The van der Waals surface area contributed by atoms with Crippen LogP contribution < -0.4 is 5.73 Å². The first-order valence-corrected chi connectivity index (χ1v) is 6.17. The Balaban J connectivity index is 1.88.